The van der Waals surface area contributed by atoms with Crippen molar-refractivity contribution in [1.29, 1.82) is 0 Å². The second kappa shape index (κ2) is 2.79. The van der Waals surface area contributed by atoms with Crippen LogP contribution in [0.25, 0.3) is 0 Å². The lowest BCUT2D eigenvalue weighted by Gasteiger charge is -2.13. The molecule has 0 amide bonds. The third-order valence-corrected chi connectivity index (χ3v) is 1.28. The summed E-state index contributed by atoms with van der Waals surface area (Å²) in [6, 6.07) is 0. The second-order valence-corrected chi connectivity index (χ2v) is 1.96. The molecule has 0 radical (unpaired) electrons. The van der Waals surface area contributed by atoms with Crippen LogP contribution in [0.1, 0.15) is 0 Å². The van der Waals surface area contributed by atoms with Gasteiger partial charge in [-0.15, -0.1) is 5.06 Å². The van der Waals surface area contributed by atoms with Gasteiger partial charge in [0.2, 0.25) is 6.29 Å². The van der Waals surface area contributed by atoms with Gasteiger partial charge in [-0.05, 0) is 0 Å². The Morgan fingerprint density at radius 3 is 2.10 bits per heavy atom. The maximum Gasteiger partial charge on any atom is 0.205 e. The highest BCUT2D eigenvalue weighted by Crippen LogP contribution is 2.16. The fraction of sp³-hybridized carbons (Fsp3) is 1.00. The minimum Gasteiger partial charge on any atom is -0.383 e. The molecule has 6 nitrogen and oxygen atoms in total. The van der Waals surface area contributed by atoms with Gasteiger partial charge in [0.25, 0.3) is 0 Å². The van der Waals surface area contributed by atoms with Gasteiger partial charge in [-0.2, -0.15) is 0 Å². The third-order valence-electron chi connectivity index (χ3n) is 1.28. The average molecular weight is 151 g/mol. The van der Waals surface area contributed by atoms with Gasteiger partial charge in [0, 0.05) is 0 Å². The van der Waals surface area contributed by atoms with Gasteiger partial charge < -0.3 is 20.4 Å². The number of nitrogens with zero attached hydrogens (tertiary/aromatic N) is 1. The van der Waals surface area contributed by atoms with Crippen LogP contribution in [0.15, 0.2) is 0 Å². The van der Waals surface area contributed by atoms with Crippen molar-refractivity contribution in [1.82, 2.24) is 5.06 Å². The van der Waals surface area contributed by atoms with Crippen molar-refractivity contribution in [2.75, 3.05) is 6.73 Å². The van der Waals surface area contributed by atoms with Crippen molar-refractivity contribution in [3.05, 3.63) is 0 Å². The molecule has 1 saturated heterocycles. The Kier molecular flexibility index (Phi) is 2.19. The topological polar surface area (TPSA) is 93.4 Å². The van der Waals surface area contributed by atoms with Gasteiger partial charge in [0.05, 0.1) is 0 Å². The van der Waals surface area contributed by atoms with Crippen LogP contribution in [0.4, 0.5) is 0 Å². The third kappa shape index (κ3) is 1.12. The summed E-state index contributed by atoms with van der Waals surface area (Å²) >= 11 is 0. The first-order valence-electron chi connectivity index (χ1n) is 2.75. The molecule has 4 N–H and O–H groups in total. The number of aliphatic hydroxyl groups excluding tert-OH is 4. The van der Waals surface area contributed by atoms with Crippen LogP contribution in [0, 0.1) is 0 Å². The highest BCUT2D eigenvalue weighted by atomic mass is 16.8. The van der Waals surface area contributed by atoms with Crippen molar-refractivity contribution in [3.8, 4) is 0 Å². The SMILES string of the molecule is OCN1OC(O)[C@H](O)[C@@H]1O. The Labute approximate surface area is 56.8 Å². The van der Waals surface area contributed by atoms with E-state index in [1.165, 1.54) is 0 Å². The molecule has 0 aromatic rings. The predicted octanol–water partition coefficient (Wildman–Crippen LogP) is -2.82. The Balaban J connectivity index is 2.53. The van der Waals surface area contributed by atoms with E-state index in [0.29, 0.717) is 5.06 Å². The van der Waals surface area contributed by atoms with E-state index in [0.717, 1.165) is 0 Å². The quantitative estimate of drug-likeness (QED) is 0.323. The van der Waals surface area contributed by atoms with E-state index in [1.807, 2.05) is 0 Å². The van der Waals surface area contributed by atoms with E-state index >= 15 is 0 Å². The van der Waals surface area contributed by atoms with Crippen molar-refractivity contribution >= 4 is 0 Å². The summed E-state index contributed by atoms with van der Waals surface area (Å²) < 4.78 is 0. The summed E-state index contributed by atoms with van der Waals surface area (Å²) in [5.74, 6) is 0. The maximum atomic E-state index is 8.86. The number of aliphatic hydroxyl groups is 4. The molecule has 0 aromatic heterocycles. The van der Waals surface area contributed by atoms with E-state index in [-0.39, 0.29) is 0 Å². The van der Waals surface area contributed by atoms with Crippen LogP contribution in [0.2, 0.25) is 0 Å². The molecule has 3 atom stereocenters. The van der Waals surface area contributed by atoms with Gasteiger partial charge in [-0.25, -0.2) is 0 Å². The van der Waals surface area contributed by atoms with E-state index in [2.05, 4.69) is 4.84 Å². The predicted molar refractivity (Wildman–Crippen MR) is 28.0 cm³/mol. The van der Waals surface area contributed by atoms with E-state index < -0.39 is 25.4 Å². The summed E-state index contributed by atoms with van der Waals surface area (Å²) in [5, 5.41) is 35.4. The van der Waals surface area contributed by atoms with Crippen LogP contribution in [-0.4, -0.2) is 50.8 Å². The summed E-state index contributed by atoms with van der Waals surface area (Å²) in [6.07, 6.45) is -4.20. The lowest BCUT2D eigenvalue weighted by molar-refractivity contribution is -0.267. The van der Waals surface area contributed by atoms with Crippen LogP contribution in [-0.2, 0) is 4.84 Å². The van der Waals surface area contributed by atoms with Crippen LogP contribution in [0.3, 0.4) is 0 Å². The molecule has 0 bridgehead atoms. The Morgan fingerprint density at radius 1 is 1.30 bits per heavy atom. The van der Waals surface area contributed by atoms with Gasteiger partial charge in [-0.3, -0.25) is 4.84 Å². The van der Waals surface area contributed by atoms with Crippen molar-refractivity contribution in [2.45, 2.75) is 18.6 Å². The van der Waals surface area contributed by atoms with Gasteiger partial charge in [0.15, 0.2) is 6.23 Å². The second-order valence-electron chi connectivity index (χ2n) is 1.96. The largest absolute Gasteiger partial charge is 0.383 e. The Bertz CT molecular complexity index is 120. The van der Waals surface area contributed by atoms with Crippen LogP contribution < -0.4 is 0 Å². The molecule has 10 heavy (non-hydrogen) atoms. The molecule has 0 aliphatic carbocycles. The molecule has 0 saturated carbocycles. The summed E-state index contributed by atoms with van der Waals surface area (Å²) in [7, 11) is 0. The molecule has 1 heterocycles. The molecule has 0 aromatic carbocycles. The molecule has 1 aliphatic rings. The Hall–Kier alpha value is -0.240. The zero-order valence-electron chi connectivity index (χ0n) is 5.08. The molecule has 6 heteroatoms. The first-order valence-corrected chi connectivity index (χ1v) is 2.75. The van der Waals surface area contributed by atoms with E-state index in [1.54, 1.807) is 0 Å². The highest BCUT2D eigenvalue weighted by molar-refractivity contribution is 4.71. The molecular formula is C4H9NO5. The molecule has 1 rings (SSSR count). The zero-order valence-corrected chi connectivity index (χ0v) is 5.08. The molecular weight excluding hydrogens is 142 g/mol. The first kappa shape index (κ1) is 7.86. The summed E-state index contributed by atoms with van der Waals surface area (Å²) in [6.45, 7) is -0.574. The minimum absolute atomic E-state index is 0.574. The van der Waals surface area contributed by atoms with E-state index in [4.69, 9.17) is 20.4 Å². The maximum absolute atomic E-state index is 8.86. The van der Waals surface area contributed by atoms with Gasteiger partial charge in [0.1, 0.15) is 12.8 Å². The van der Waals surface area contributed by atoms with Crippen molar-refractivity contribution < 1.29 is 25.3 Å². The highest BCUT2D eigenvalue weighted by Gasteiger charge is 2.39. The van der Waals surface area contributed by atoms with Crippen molar-refractivity contribution in [2.24, 2.45) is 0 Å². The molecule has 1 unspecified atom stereocenters. The Morgan fingerprint density at radius 2 is 1.90 bits per heavy atom. The van der Waals surface area contributed by atoms with E-state index in [9.17, 15) is 0 Å². The zero-order chi connectivity index (χ0) is 7.72. The number of hydroxylamine groups is 2. The lowest BCUT2D eigenvalue weighted by atomic mass is 10.3. The fourth-order valence-corrected chi connectivity index (χ4v) is 0.698. The summed E-state index contributed by atoms with van der Waals surface area (Å²) in [4.78, 5) is 4.37. The number of hydrogen-bond donors (Lipinski definition) is 4. The molecule has 0 spiro atoms. The summed E-state index contributed by atoms with van der Waals surface area (Å²) in [5.41, 5.74) is 0. The minimum atomic E-state index is -1.46. The molecule has 1 fully saturated rings. The number of hydrogen-bond acceptors (Lipinski definition) is 6. The molecule has 60 valence electrons. The van der Waals surface area contributed by atoms with Gasteiger partial charge >= 0.3 is 0 Å². The normalized spacial score (nSPS) is 42.6. The average Bonchev–Trinajstić information content (AvgIpc) is 2.17. The van der Waals surface area contributed by atoms with Crippen LogP contribution in [0.5, 0.6) is 0 Å². The lowest BCUT2D eigenvalue weighted by Crippen LogP contribution is -2.35. The van der Waals surface area contributed by atoms with Crippen molar-refractivity contribution in [3.63, 3.8) is 0 Å². The number of rotatable bonds is 1. The standard InChI is InChI=1S/C4H9NO5/c6-1-5-3(8)2(7)4(9)10-5/h2-4,6-9H,1H2/t2-,3+,4?/m1/s1. The van der Waals surface area contributed by atoms with Gasteiger partial charge in [-0.1, -0.05) is 0 Å². The smallest absolute Gasteiger partial charge is 0.205 e. The first-order chi connectivity index (χ1) is 4.66. The molecule has 1 aliphatic heterocycles. The van der Waals surface area contributed by atoms with Crippen LogP contribution >= 0.6 is 0 Å². The fourth-order valence-electron chi connectivity index (χ4n) is 0.698. The monoisotopic (exact) mass is 151 g/mol.